The summed E-state index contributed by atoms with van der Waals surface area (Å²) in [5, 5.41) is 2.87. The number of anilines is 1. The summed E-state index contributed by atoms with van der Waals surface area (Å²) >= 11 is 1.41. The molecule has 0 aromatic heterocycles. The van der Waals surface area contributed by atoms with E-state index in [1.807, 2.05) is 25.1 Å². The Bertz CT molecular complexity index is 1060. The van der Waals surface area contributed by atoms with Crippen LogP contribution in [0.2, 0.25) is 0 Å². The van der Waals surface area contributed by atoms with E-state index in [0.717, 1.165) is 10.6 Å². The van der Waals surface area contributed by atoms with Crippen LogP contribution < -0.4 is 19.5 Å². The molecule has 0 fully saturated rings. The summed E-state index contributed by atoms with van der Waals surface area (Å²) in [5.74, 6) is 1.55. The third-order valence-corrected chi connectivity index (χ3v) is 5.60. The molecule has 0 aliphatic heterocycles. The number of carbonyl (C=O) groups is 2. The van der Waals surface area contributed by atoms with Crippen molar-refractivity contribution in [1.29, 1.82) is 0 Å². The quantitative estimate of drug-likeness (QED) is 0.332. The molecule has 0 bridgehead atoms. The molecule has 32 heavy (non-hydrogen) atoms. The van der Waals surface area contributed by atoms with Crippen LogP contribution >= 0.6 is 11.8 Å². The fraction of sp³-hybridized carbons (Fsp3) is 0.200. The van der Waals surface area contributed by atoms with Gasteiger partial charge in [0, 0.05) is 16.1 Å². The van der Waals surface area contributed by atoms with E-state index in [9.17, 15) is 9.59 Å². The number of carbonyl (C=O) groups excluding carboxylic acids is 2. The summed E-state index contributed by atoms with van der Waals surface area (Å²) in [4.78, 5) is 26.3. The molecule has 0 heterocycles. The Morgan fingerprint density at radius 2 is 1.56 bits per heavy atom. The van der Waals surface area contributed by atoms with Crippen molar-refractivity contribution in [2.45, 2.75) is 11.8 Å². The second-order valence-corrected chi connectivity index (χ2v) is 7.74. The molecule has 0 aliphatic rings. The number of Topliss-reactive ketones (excluding diaryl/α,β-unsaturated/α-hetero) is 1. The van der Waals surface area contributed by atoms with Gasteiger partial charge in [0.05, 0.1) is 26.6 Å². The smallest absolute Gasteiger partial charge is 0.263 e. The first-order chi connectivity index (χ1) is 15.5. The molecule has 166 valence electrons. The Morgan fingerprint density at radius 1 is 0.906 bits per heavy atom. The second kappa shape index (κ2) is 11.2. The van der Waals surface area contributed by atoms with Gasteiger partial charge in [-0.15, -0.1) is 11.8 Å². The minimum Gasteiger partial charge on any atom is -0.496 e. The number of thioether (sulfide) groups is 1. The summed E-state index contributed by atoms with van der Waals surface area (Å²) < 4.78 is 16.0. The highest BCUT2D eigenvalue weighted by Crippen LogP contribution is 2.30. The number of ketones is 1. The molecule has 6 nitrogen and oxygen atoms in total. The number of hydrogen-bond acceptors (Lipinski definition) is 6. The first kappa shape index (κ1) is 23.2. The van der Waals surface area contributed by atoms with E-state index in [2.05, 4.69) is 5.32 Å². The van der Waals surface area contributed by atoms with E-state index in [-0.39, 0.29) is 17.4 Å². The minimum atomic E-state index is -0.341. The molecule has 0 unspecified atom stereocenters. The number of rotatable bonds is 10. The molecule has 0 radical (unpaired) electrons. The fourth-order valence-electron chi connectivity index (χ4n) is 3.07. The molecule has 0 saturated heterocycles. The van der Waals surface area contributed by atoms with Gasteiger partial charge in [-0.25, -0.2) is 0 Å². The molecule has 1 N–H and O–H groups in total. The van der Waals surface area contributed by atoms with Crippen LogP contribution in [-0.4, -0.2) is 38.3 Å². The predicted octanol–water partition coefficient (Wildman–Crippen LogP) is 5.33. The Labute approximate surface area is 191 Å². The van der Waals surface area contributed by atoms with Gasteiger partial charge in [0.15, 0.2) is 5.78 Å². The van der Waals surface area contributed by atoms with E-state index in [1.165, 1.54) is 26.0 Å². The third kappa shape index (κ3) is 5.82. The standard InChI is InChI=1S/C25H25NO5S/c1-4-31-19-13-11-17(12-14-19)21(27)16-32-20-8-5-7-18(15-20)26-25(28)24-22(29-2)9-6-10-23(24)30-3/h5-15H,4,16H2,1-3H3,(H,26,28). The van der Waals surface area contributed by atoms with E-state index in [1.54, 1.807) is 48.5 Å². The average molecular weight is 452 g/mol. The molecular weight excluding hydrogens is 426 g/mol. The van der Waals surface area contributed by atoms with Gasteiger partial charge in [-0.1, -0.05) is 12.1 Å². The number of methoxy groups -OCH3 is 2. The third-order valence-electron chi connectivity index (χ3n) is 4.60. The zero-order chi connectivity index (χ0) is 22.9. The zero-order valence-electron chi connectivity index (χ0n) is 18.2. The predicted molar refractivity (Wildman–Crippen MR) is 127 cm³/mol. The molecule has 3 rings (SSSR count). The van der Waals surface area contributed by atoms with Gasteiger partial charge < -0.3 is 19.5 Å². The summed E-state index contributed by atoms with van der Waals surface area (Å²) in [7, 11) is 3.01. The number of hydrogen-bond donors (Lipinski definition) is 1. The molecule has 0 spiro atoms. The van der Waals surface area contributed by atoms with Crippen molar-refractivity contribution in [3.05, 3.63) is 77.9 Å². The monoisotopic (exact) mass is 451 g/mol. The lowest BCUT2D eigenvalue weighted by Crippen LogP contribution is -2.14. The Kier molecular flexibility index (Phi) is 8.16. The summed E-state index contributed by atoms with van der Waals surface area (Å²) in [5.41, 5.74) is 1.57. The number of ether oxygens (including phenoxy) is 3. The number of amides is 1. The van der Waals surface area contributed by atoms with Gasteiger partial charge in [0.25, 0.3) is 5.91 Å². The second-order valence-electron chi connectivity index (χ2n) is 6.69. The fourth-order valence-corrected chi connectivity index (χ4v) is 3.92. The highest BCUT2D eigenvalue weighted by Gasteiger charge is 2.18. The van der Waals surface area contributed by atoms with Crippen LogP contribution in [0.15, 0.2) is 71.6 Å². The van der Waals surface area contributed by atoms with Crippen LogP contribution in [-0.2, 0) is 0 Å². The van der Waals surface area contributed by atoms with Gasteiger partial charge in [0.1, 0.15) is 22.8 Å². The average Bonchev–Trinajstić information content (AvgIpc) is 2.82. The van der Waals surface area contributed by atoms with Crippen molar-refractivity contribution in [2.75, 3.05) is 31.9 Å². The van der Waals surface area contributed by atoms with Gasteiger partial charge in [0.2, 0.25) is 0 Å². The van der Waals surface area contributed by atoms with Crippen molar-refractivity contribution < 1.29 is 23.8 Å². The Balaban J connectivity index is 1.66. The van der Waals surface area contributed by atoms with E-state index in [0.29, 0.717) is 34.9 Å². The van der Waals surface area contributed by atoms with E-state index >= 15 is 0 Å². The molecule has 1 amide bonds. The van der Waals surface area contributed by atoms with Crippen molar-refractivity contribution >= 4 is 29.1 Å². The first-order valence-electron chi connectivity index (χ1n) is 10.1. The van der Waals surface area contributed by atoms with Crippen LogP contribution in [0.1, 0.15) is 27.6 Å². The molecule has 0 aliphatic carbocycles. The van der Waals surface area contributed by atoms with Gasteiger partial charge in [-0.3, -0.25) is 9.59 Å². The summed E-state index contributed by atoms with van der Waals surface area (Å²) in [6.07, 6.45) is 0. The van der Waals surface area contributed by atoms with E-state index < -0.39 is 0 Å². The lowest BCUT2D eigenvalue weighted by molar-refractivity contribution is 0.101. The van der Waals surface area contributed by atoms with E-state index in [4.69, 9.17) is 14.2 Å². The number of nitrogens with one attached hydrogen (secondary N) is 1. The molecule has 3 aromatic rings. The van der Waals surface area contributed by atoms with Crippen LogP contribution in [0.3, 0.4) is 0 Å². The van der Waals surface area contributed by atoms with Crippen molar-refractivity contribution in [1.82, 2.24) is 0 Å². The Hall–Kier alpha value is -3.45. The normalized spacial score (nSPS) is 10.3. The molecule has 3 aromatic carbocycles. The summed E-state index contributed by atoms with van der Waals surface area (Å²) in [6.45, 7) is 2.50. The Morgan fingerprint density at radius 3 is 2.19 bits per heavy atom. The van der Waals surface area contributed by atoms with Crippen molar-refractivity contribution in [3.8, 4) is 17.2 Å². The molecule has 0 atom stereocenters. The lowest BCUT2D eigenvalue weighted by atomic mass is 10.1. The topological polar surface area (TPSA) is 73.9 Å². The van der Waals surface area contributed by atoms with Gasteiger partial charge >= 0.3 is 0 Å². The van der Waals surface area contributed by atoms with Gasteiger partial charge in [-0.2, -0.15) is 0 Å². The van der Waals surface area contributed by atoms with Crippen LogP contribution in [0, 0.1) is 0 Å². The van der Waals surface area contributed by atoms with Crippen molar-refractivity contribution in [2.24, 2.45) is 0 Å². The van der Waals surface area contributed by atoms with Gasteiger partial charge in [-0.05, 0) is 61.5 Å². The molecule has 7 heteroatoms. The largest absolute Gasteiger partial charge is 0.496 e. The highest BCUT2D eigenvalue weighted by molar-refractivity contribution is 8.00. The van der Waals surface area contributed by atoms with Crippen molar-refractivity contribution in [3.63, 3.8) is 0 Å². The SMILES string of the molecule is CCOc1ccc(C(=O)CSc2cccc(NC(=O)c3c(OC)cccc3OC)c2)cc1. The lowest BCUT2D eigenvalue weighted by Gasteiger charge is -2.13. The molecule has 0 saturated carbocycles. The zero-order valence-corrected chi connectivity index (χ0v) is 19.0. The molecular formula is C25H25NO5S. The maximum absolute atomic E-state index is 12.9. The maximum Gasteiger partial charge on any atom is 0.263 e. The summed E-state index contributed by atoms with van der Waals surface area (Å²) in [6, 6.07) is 19.6. The highest BCUT2D eigenvalue weighted by atomic mass is 32.2. The number of benzene rings is 3. The van der Waals surface area contributed by atoms with Crippen LogP contribution in [0.4, 0.5) is 5.69 Å². The van der Waals surface area contributed by atoms with Crippen LogP contribution in [0.5, 0.6) is 17.2 Å². The minimum absolute atomic E-state index is 0.0197. The van der Waals surface area contributed by atoms with Crippen LogP contribution in [0.25, 0.3) is 0 Å². The first-order valence-corrected chi connectivity index (χ1v) is 11.1. The maximum atomic E-state index is 12.9.